The lowest BCUT2D eigenvalue weighted by atomic mass is 10.1. The standard InChI is InChI=1S/C27H30O6/c1-19(2)13-15-31-22-8-5-21(6-9-22)7-12-25(28)24-11-10-23(32-16-14-20(3)4)17-26(24)33-18-27(29)30/h5-14,17H,15-16,18H2,1-4H3,(H,29,30)/b12-7+/i5D,6D,8D,9D. The molecule has 0 aliphatic heterocycles. The molecule has 0 unspecified atom stereocenters. The van der Waals surface area contributed by atoms with E-state index < -0.39 is 18.4 Å². The number of allylic oxidation sites excluding steroid dienone is 3. The number of carboxylic acids is 1. The predicted molar refractivity (Wildman–Crippen MR) is 129 cm³/mol. The fourth-order valence-electron chi connectivity index (χ4n) is 2.37. The van der Waals surface area contributed by atoms with E-state index in [1.165, 1.54) is 18.2 Å². The van der Waals surface area contributed by atoms with Gasteiger partial charge in [-0.2, -0.15) is 0 Å². The number of hydrogen-bond acceptors (Lipinski definition) is 5. The second-order valence-corrected chi connectivity index (χ2v) is 7.47. The summed E-state index contributed by atoms with van der Waals surface area (Å²) < 4.78 is 49.2. The molecule has 6 nitrogen and oxygen atoms in total. The van der Waals surface area contributed by atoms with Gasteiger partial charge >= 0.3 is 5.97 Å². The van der Waals surface area contributed by atoms with Gasteiger partial charge in [0.25, 0.3) is 0 Å². The van der Waals surface area contributed by atoms with Crippen LogP contribution >= 0.6 is 0 Å². The van der Waals surface area contributed by atoms with Crippen molar-refractivity contribution in [2.24, 2.45) is 0 Å². The van der Waals surface area contributed by atoms with Crippen LogP contribution in [0.1, 0.15) is 49.1 Å². The average molecular weight is 455 g/mol. The summed E-state index contributed by atoms with van der Waals surface area (Å²) in [4.78, 5) is 24.0. The lowest BCUT2D eigenvalue weighted by molar-refractivity contribution is -0.139. The van der Waals surface area contributed by atoms with Gasteiger partial charge in [0, 0.05) is 6.07 Å². The molecule has 6 heteroatoms. The van der Waals surface area contributed by atoms with Crippen molar-refractivity contribution in [2.45, 2.75) is 27.7 Å². The zero-order valence-electron chi connectivity index (χ0n) is 23.2. The summed E-state index contributed by atoms with van der Waals surface area (Å²) in [6, 6.07) is 2.94. The number of ketones is 1. The summed E-state index contributed by atoms with van der Waals surface area (Å²) in [6.07, 6.45) is 5.87. The van der Waals surface area contributed by atoms with Gasteiger partial charge in [-0.25, -0.2) is 4.79 Å². The van der Waals surface area contributed by atoms with E-state index in [0.29, 0.717) is 5.75 Å². The van der Waals surface area contributed by atoms with Gasteiger partial charge in [0.2, 0.25) is 0 Å². The topological polar surface area (TPSA) is 82.1 Å². The first-order valence-electron chi connectivity index (χ1n) is 12.3. The highest BCUT2D eigenvalue weighted by molar-refractivity contribution is 6.08. The number of benzene rings is 2. The monoisotopic (exact) mass is 454 g/mol. The molecule has 2 aromatic rings. The number of rotatable bonds is 12. The molecule has 0 aliphatic rings. The van der Waals surface area contributed by atoms with Crippen molar-refractivity contribution in [2.75, 3.05) is 19.8 Å². The van der Waals surface area contributed by atoms with Crippen LogP contribution in [0.25, 0.3) is 6.08 Å². The first-order valence-corrected chi connectivity index (χ1v) is 10.3. The molecule has 0 saturated carbocycles. The number of carbonyl (C=O) groups excluding carboxylic acids is 1. The zero-order valence-corrected chi connectivity index (χ0v) is 19.2. The third kappa shape index (κ3) is 9.47. The van der Waals surface area contributed by atoms with Crippen LogP contribution in [0.4, 0.5) is 0 Å². The Kier molecular flexibility index (Phi) is 7.77. The minimum Gasteiger partial charge on any atom is -0.490 e. The molecule has 0 radical (unpaired) electrons. The Morgan fingerprint density at radius 2 is 1.52 bits per heavy atom. The van der Waals surface area contributed by atoms with Gasteiger partial charge in [-0.3, -0.25) is 4.79 Å². The summed E-state index contributed by atoms with van der Waals surface area (Å²) >= 11 is 0. The third-order valence-corrected chi connectivity index (χ3v) is 4.05. The third-order valence-electron chi connectivity index (χ3n) is 4.05. The van der Waals surface area contributed by atoms with Crippen LogP contribution in [-0.2, 0) is 4.79 Å². The molecule has 2 rings (SSSR count). The van der Waals surface area contributed by atoms with Gasteiger partial charge in [-0.05, 0) is 75.7 Å². The molecule has 1 N–H and O–H groups in total. The molecule has 0 heterocycles. The van der Waals surface area contributed by atoms with Crippen LogP contribution in [0, 0.1) is 0 Å². The van der Waals surface area contributed by atoms with Crippen molar-refractivity contribution in [3.63, 3.8) is 0 Å². The van der Waals surface area contributed by atoms with Crippen LogP contribution in [0.15, 0.2) is 71.7 Å². The summed E-state index contributed by atoms with van der Waals surface area (Å²) in [5.74, 6) is -1.61. The molecule has 0 atom stereocenters. The fourth-order valence-corrected chi connectivity index (χ4v) is 2.37. The van der Waals surface area contributed by atoms with E-state index in [2.05, 4.69) is 0 Å². The highest BCUT2D eigenvalue weighted by Gasteiger charge is 2.13. The Morgan fingerprint density at radius 3 is 2.09 bits per heavy atom. The minimum atomic E-state index is -1.22. The highest BCUT2D eigenvalue weighted by atomic mass is 16.5. The van der Waals surface area contributed by atoms with Crippen LogP contribution in [0.5, 0.6) is 17.2 Å². The van der Waals surface area contributed by atoms with E-state index in [0.717, 1.165) is 17.2 Å². The second-order valence-electron chi connectivity index (χ2n) is 7.47. The van der Waals surface area contributed by atoms with E-state index in [4.69, 9.17) is 24.8 Å². The van der Waals surface area contributed by atoms with E-state index in [1.54, 1.807) is 12.1 Å². The number of carboxylic acid groups (broad SMARTS) is 1. The van der Waals surface area contributed by atoms with E-state index in [-0.39, 0.29) is 60.0 Å². The van der Waals surface area contributed by atoms with Gasteiger partial charge in [-0.1, -0.05) is 29.3 Å². The second kappa shape index (κ2) is 12.9. The normalized spacial score (nSPS) is 12.1. The van der Waals surface area contributed by atoms with Gasteiger partial charge < -0.3 is 19.3 Å². The maximum atomic E-state index is 13.0. The Labute approximate surface area is 200 Å². The quantitative estimate of drug-likeness (QED) is 0.250. The van der Waals surface area contributed by atoms with Gasteiger partial charge in [0.15, 0.2) is 12.4 Å². The average Bonchev–Trinajstić information content (AvgIpc) is 2.83. The van der Waals surface area contributed by atoms with Crippen molar-refractivity contribution in [3.8, 4) is 17.2 Å². The predicted octanol–water partition coefficient (Wildman–Crippen LogP) is 5.74. The lowest BCUT2D eigenvalue weighted by Crippen LogP contribution is -2.12. The van der Waals surface area contributed by atoms with Crippen LogP contribution < -0.4 is 14.2 Å². The largest absolute Gasteiger partial charge is 0.490 e. The van der Waals surface area contributed by atoms with Crippen LogP contribution in [-0.4, -0.2) is 36.7 Å². The molecular weight excluding hydrogens is 420 g/mol. The van der Waals surface area contributed by atoms with Crippen LogP contribution in [0.2, 0.25) is 0 Å². The molecule has 0 spiro atoms. The SMILES string of the molecule is [2H]c1c([2H])c(OCC=C(C)C)c([2H])c([2H])c1/C=C/C(=O)c1ccc(OCC=C(C)C)cc1OCC(=O)O. The van der Waals surface area contributed by atoms with E-state index in [1.807, 2.05) is 33.8 Å². The molecule has 0 fully saturated rings. The summed E-state index contributed by atoms with van der Waals surface area (Å²) in [5.41, 5.74) is 1.99. The Bertz CT molecular complexity index is 1230. The van der Waals surface area contributed by atoms with Crippen molar-refractivity contribution >= 4 is 17.8 Å². The van der Waals surface area contributed by atoms with Crippen molar-refractivity contribution in [1.82, 2.24) is 0 Å². The Balaban J connectivity index is 2.37. The Hall–Kier alpha value is -3.80. The number of carbonyl (C=O) groups is 2. The first kappa shape index (κ1) is 19.9. The molecule has 2 aromatic carbocycles. The number of hydrogen-bond donors (Lipinski definition) is 1. The molecular formula is C27H30O6. The zero-order chi connectivity index (χ0) is 27.7. The van der Waals surface area contributed by atoms with Gasteiger partial charge in [0.1, 0.15) is 30.5 Å². The molecule has 33 heavy (non-hydrogen) atoms. The van der Waals surface area contributed by atoms with Crippen molar-refractivity contribution in [3.05, 3.63) is 82.9 Å². The first-order chi connectivity index (χ1) is 17.4. The van der Waals surface area contributed by atoms with E-state index in [9.17, 15) is 9.59 Å². The molecule has 0 aliphatic carbocycles. The molecule has 0 bridgehead atoms. The maximum absolute atomic E-state index is 13.0. The summed E-state index contributed by atoms with van der Waals surface area (Å²) in [6.45, 7) is 7.28. The van der Waals surface area contributed by atoms with E-state index >= 15 is 0 Å². The molecule has 0 amide bonds. The van der Waals surface area contributed by atoms with Gasteiger partial charge in [0.05, 0.1) is 11.0 Å². The highest BCUT2D eigenvalue weighted by Crippen LogP contribution is 2.26. The Morgan fingerprint density at radius 1 is 0.909 bits per heavy atom. The molecule has 174 valence electrons. The number of aliphatic carboxylic acids is 1. The molecule has 0 aromatic heterocycles. The minimum absolute atomic E-state index is 0.00525. The summed E-state index contributed by atoms with van der Waals surface area (Å²) in [7, 11) is 0. The van der Waals surface area contributed by atoms with Gasteiger partial charge in [-0.15, -0.1) is 0 Å². The van der Waals surface area contributed by atoms with Crippen molar-refractivity contribution < 1.29 is 34.4 Å². The lowest BCUT2D eigenvalue weighted by Gasteiger charge is -2.11. The maximum Gasteiger partial charge on any atom is 0.341 e. The fraction of sp³-hybridized carbons (Fsp3) is 0.259. The molecule has 0 saturated heterocycles. The van der Waals surface area contributed by atoms with Crippen molar-refractivity contribution in [1.29, 1.82) is 0 Å². The number of ether oxygens (including phenoxy) is 3. The summed E-state index contributed by atoms with van der Waals surface area (Å²) in [5, 5.41) is 8.99. The smallest absolute Gasteiger partial charge is 0.341 e. The van der Waals surface area contributed by atoms with Crippen LogP contribution in [0.3, 0.4) is 0 Å².